The molecule has 6 rings (SSSR count). The zero-order chi connectivity index (χ0) is 24.6. The molecule has 0 spiro atoms. The van der Waals surface area contributed by atoms with Gasteiger partial charge in [-0.3, -0.25) is 0 Å². The van der Waals surface area contributed by atoms with Gasteiger partial charge in [0.1, 0.15) is 11.4 Å². The molecule has 184 valence electrons. The minimum absolute atomic E-state index is 0.144. The molecule has 35 heavy (non-hydrogen) atoms. The number of halogens is 1. The van der Waals surface area contributed by atoms with Gasteiger partial charge < -0.3 is 15.2 Å². The van der Waals surface area contributed by atoms with E-state index in [1.54, 1.807) is 18.4 Å². The lowest BCUT2D eigenvalue weighted by Gasteiger charge is -2.57. The number of rotatable bonds is 3. The zero-order valence-electron chi connectivity index (χ0n) is 20.7. The van der Waals surface area contributed by atoms with E-state index in [0.717, 1.165) is 61.5 Å². The summed E-state index contributed by atoms with van der Waals surface area (Å²) in [6, 6.07) is 5.59. The Bertz CT molecular complexity index is 1260. The van der Waals surface area contributed by atoms with E-state index >= 15 is 0 Å². The van der Waals surface area contributed by atoms with Crippen LogP contribution < -0.4 is 10.1 Å². The molecule has 6 heteroatoms. The number of hydrogen-bond acceptors (Lipinski definition) is 5. The van der Waals surface area contributed by atoms with E-state index in [1.807, 2.05) is 18.2 Å². The van der Waals surface area contributed by atoms with Crippen LogP contribution in [0.1, 0.15) is 62.9 Å². The molecule has 4 aliphatic carbocycles. The van der Waals surface area contributed by atoms with Gasteiger partial charge in [0.15, 0.2) is 5.13 Å². The molecular formula is C29H33ClN2O2S. The topological polar surface area (TPSA) is 54.4 Å². The Hall–Kier alpha value is -2.00. The van der Waals surface area contributed by atoms with Gasteiger partial charge in [0.2, 0.25) is 0 Å². The van der Waals surface area contributed by atoms with Crippen molar-refractivity contribution in [3.63, 3.8) is 0 Å². The van der Waals surface area contributed by atoms with Gasteiger partial charge >= 0.3 is 0 Å². The number of terminal acetylenes is 1. The number of hydrogen-bond donors (Lipinski definition) is 2. The van der Waals surface area contributed by atoms with Crippen molar-refractivity contribution in [3.05, 3.63) is 39.9 Å². The van der Waals surface area contributed by atoms with Crippen molar-refractivity contribution in [1.82, 2.24) is 4.98 Å². The van der Waals surface area contributed by atoms with Crippen molar-refractivity contribution in [2.45, 2.75) is 64.4 Å². The van der Waals surface area contributed by atoms with Crippen LogP contribution in [-0.2, 0) is 6.42 Å². The van der Waals surface area contributed by atoms with Crippen LogP contribution >= 0.6 is 22.9 Å². The molecule has 1 aromatic heterocycles. The Morgan fingerprint density at radius 3 is 2.80 bits per heavy atom. The van der Waals surface area contributed by atoms with Gasteiger partial charge in [-0.15, -0.1) is 6.42 Å². The van der Waals surface area contributed by atoms with Gasteiger partial charge in [-0.2, -0.15) is 0 Å². The first-order chi connectivity index (χ1) is 16.7. The first kappa shape index (κ1) is 23.4. The highest BCUT2D eigenvalue weighted by Gasteiger charge is 2.63. The van der Waals surface area contributed by atoms with E-state index < -0.39 is 5.60 Å². The number of nitrogens with zero attached hydrogens (tertiary/aromatic N) is 1. The maximum absolute atomic E-state index is 11.3. The first-order valence-corrected chi connectivity index (χ1v) is 13.9. The van der Waals surface area contributed by atoms with E-state index in [1.165, 1.54) is 16.1 Å². The molecule has 1 aromatic carbocycles. The first-order valence-electron chi connectivity index (χ1n) is 12.7. The average molecular weight is 509 g/mol. The third-order valence-electron chi connectivity index (χ3n) is 10.1. The number of aliphatic hydroxyl groups is 1. The van der Waals surface area contributed by atoms with E-state index in [4.69, 9.17) is 27.7 Å². The molecule has 6 atom stereocenters. The molecule has 0 bridgehead atoms. The number of benzene rings is 1. The number of fused-ring (bicyclic) bond motifs is 7. The molecule has 0 unspecified atom stereocenters. The van der Waals surface area contributed by atoms with Crippen LogP contribution in [0, 0.1) is 40.9 Å². The number of thiazole rings is 1. The van der Waals surface area contributed by atoms with Gasteiger partial charge in [0.25, 0.3) is 0 Å². The van der Waals surface area contributed by atoms with Gasteiger partial charge in [-0.25, -0.2) is 4.98 Å². The lowest BCUT2D eigenvalue weighted by atomic mass is 9.47. The van der Waals surface area contributed by atoms with Crippen molar-refractivity contribution in [1.29, 1.82) is 0 Å². The summed E-state index contributed by atoms with van der Waals surface area (Å²) in [4.78, 5) is 6.32. The fourth-order valence-corrected chi connectivity index (χ4v) is 9.45. The highest BCUT2D eigenvalue weighted by molar-refractivity contribution is 7.16. The third-order valence-corrected chi connectivity index (χ3v) is 11.4. The number of ether oxygens (including phenoxy) is 1. The van der Waals surface area contributed by atoms with Gasteiger partial charge in [0, 0.05) is 10.4 Å². The summed E-state index contributed by atoms with van der Waals surface area (Å²) in [6.07, 6.45) is 15.5. The van der Waals surface area contributed by atoms with E-state index in [2.05, 4.69) is 31.2 Å². The number of methoxy groups -OCH3 is 1. The summed E-state index contributed by atoms with van der Waals surface area (Å²) in [7, 11) is 1.67. The summed E-state index contributed by atoms with van der Waals surface area (Å²) >= 11 is 7.99. The van der Waals surface area contributed by atoms with Crippen molar-refractivity contribution in [3.8, 4) is 18.1 Å². The van der Waals surface area contributed by atoms with Crippen LogP contribution in [0.4, 0.5) is 10.8 Å². The molecule has 0 radical (unpaired) electrons. The van der Waals surface area contributed by atoms with Crippen molar-refractivity contribution in [2.24, 2.45) is 28.6 Å². The lowest BCUT2D eigenvalue weighted by Crippen LogP contribution is -2.53. The Kier molecular flexibility index (Phi) is 5.35. The van der Waals surface area contributed by atoms with Crippen LogP contribution in [0.3, 0.4) is 0 Å². The molecule has 0 saturated heterocycles. The third kappa shape index (κ3) is 3.26. The fourth-order valence-electron chi connectivity index (χ4n) is 8.08. The molecule has 2 N–H and O–H groups in total. The Balaban J connectivity index is 1.33. The zero-order valence-corrected chi connectivity index (χ0v) is 22.2. The molecule has 4 aliphatic rings. The quantitative estimate of drug-likeness (QED) is 0.434. The number of anilines is 2. The van der Waals surface area contributed by atoms with Crippen molar-refractivity contribution >= 4 is 39.3 Å². The van der Waals surface area contributed by atoms with Crippen LogP contribution in [0.15, 0.2) is 24.3 Å². The van der Waals surface area contributed by atoms with Crippen LogP contribution in [0.5, 0.6) is 5.75 Å². The summed E-state index contributed by atoms with van der Waals surface area (Å²) in [6.45, 7) is 4.74. The SMILES string of the molecule is C#C[C@]1(O)CC[C@H]2[C@@H]3CC=C4c5sc(Nc6cc(Cl)ccc6OC)nc5CC[C@]4(C)[C@H]3CC[C@@]21C. The summed E-state index contributed by atoms with van der Waals surface area (Å²) < 4.78 is 5.52. The van der Waals surface area contributed by atoms with E-state index in [9.17, 15) is 5.11 Å². The molecule has 1 heterocycles. The van der Waals surface area contributed by atoms with Gasteiger partial charge in [-0.05, 0) is 91.9 Å². The van der Waals surface area contributed by atoms with Crippen molar-refractivity contribution < 1.29 is 9.84 Å². The monoisotopic (exact) mass is 508 g/mol. The average Bonchev–Trinajstić information content (AvgIpc) is 3.37. The Labute approximate surface area is 217 Å². The van der Waals surface area contributed by atoms with Crippen molar-refractivity contribution in [2.75, 3.05) is 12.4 Å². The summed E-state index contributed by atoms with van der Waals surface area (Å²) in [5.74, 6) is 5.26. The van der Waals surface area contributed by atoms with Crippen LogP contribution in [-0.4, -0.2) is 22.8 Å². The molecule has 2 aromatic rings. The second kappa shape index (κ2) is 8.00. The maximum atomic E-state index is 11.3. The number of nitrogens with one attached hydrogen (secondary N) is 1. The molecule has 4 nitrogen and oxygen atoms in total. The molecule has 0 aliphatic heterocycles. The Morgan fingerprint density at radius 2 is 2.03 bits per heavy atom. The predicted molar refractivity (Wildman–Crippen MR) is 143 cm³/mol. The van der Waals surface area contributed by atoms with Crippen LogP contribution in [0.25, 0.3) is 5.57 Å². The number of allylic oxidation sites excluding steroid dienone is 2. The normalized spacial score (nSPS) is 37.3. The summed E-state index contributed by atoms with van der Waals surface area (Å²) in [5, 5.41) is 16.3. The largest absolute Gasteiger partial charge is 0.495 e. The fraction of sp³-hybridized carbons (Fsp3) is 0.552. The molecule has 0 amide bonds. The number of aryl methyl sites for hydroxylation is 1. The molecule has 2 fully saturated rings. The molecular weight excluding hydrogens is 476 g/mol. The van der Waals surface area contributed by atoms with Crippen LogP contribution in [0.2, 0.25) is 5.02 Å². The highest BCUT2D eigenvalue weighted by atomic mass is 35.5. The van der Waals surface area contributed by atoms with E-state index in [-0.39, 0.29) is 10.8 Å². The minimum atomic E-state index is -0.951. The second-order valence-electron chi connectivity index (χ2n) is 11.4. The minimum Gasteiger partial charge on any atom is -0.495 e. The standard InChI is InChI=1S/C29H33ClN2O2S/c1-5-29(33)15-11-20-18-7-8-21-25-22(12-13-27(21,2)19(18)10-14-28(20,29)3)31-26(35-25)32-23-16-17(30)6-9-24(23)34-4/h1,6,8-9,16,18-20,33H,7,10-15H2,2-4H3,(H,31,32)/t18-,19+,20+,27-,28+,29+/m1/s1. The Morgan fingerprint density at radius 1 is 1.23 bits per heavy atom. The smallest absolute Gasteiger partial charge is 0.188 e. The van der Waals surface area contributed by atoms with Gasteiger partial charge in [0.05, 0.1) is 23.4 Å². The van der Waals surface area contributed by atoms with E-state index in [0.29, 0.717) is 22.8 Å². The highest BCUT2D eigenvalue weighted by Crippen LogP contribution is 2.68. The predicted octanol–water partition coefficient (Wildman–Crippen LogP) is 7.10. The summed E-state index contributed by atoms with van der Waals surface area (Å²) in [5.41, 5.74) is 2.54. The molecule has 2 saturated carbocycles. The van der Waals surface area contributed by atoms with Gasteiger partial charge in [-0.1, -0.05) is 48.8 Å². The second-order valence-corrected chi connectivity index (χ2v) is 12.8. The maximum Gasteiger partial charge on any atom is 0.188 e. The number of aromatic nitrogens is 1. The lowest BCUT2D eigenvalue weighted by molar-refractivity contribution is -0.0886.